The van der Waals surface area contributed by atoms with Crippen molar-refractivity contribution in [1.29, 1.82) is 0 Å². The van der Waals surface area contributed by atoms with E-state index in [0.29, 0.717) is 0 Å². The highest BCUT2D eigenvalue weighted by atomic mass is 13.9. The minimum atomic E-state index is 1.07. The second-order valence-electron chi connectivity index (χ2n) is 2.50. The molecule has 0 unspecified atom stereocenters. The summed E-state index contributed by atoms with van der Waals surface area (Å²) in [4.78, 5) is 0. The van der Waals surface area contributed by atoms with Crippen LogP contribution in [0.5, 0.6) is 0 Å². The Hall–Kier alpha value is -1.48. The topological polar surface area (TPSA) is 0 Å². The van der Waals surface area contributed by atoms with Crippen LogP contribution >= 0.6 is 0 Å². The highest BCUT2D eigenvalue weighted by molar-refractivity contribution is 5.51. The smallest absolute Gasteiger partial charge is 0.0245 e. The molecule has 1 rings (SSSR count). The first-order chi connectivity index (χ1) is 6.86. The van der Waals surface area contributed by atoms with Crippen molar-refractivity contribution in [3.8, 4) is 11.8 Å². The lowest BCUT2D eigenvalue weighted by molar-refractivity contribution is 1.50. The van der Waals surface area contributed by atoms with Gasteiger partial charge in [-0.1, -0.05) is 44.1 Å². The molecule has 0 spiro atoms. The van der Waals surface area contributed by atoms with Gasteiger partial charge in [0.15, 0.2) is 0 Å². The van der Waals surface area contributed by atoms with Gasteiger partial charge in [-0.05, 0) is 31.5 Å². The summed E-state index contributed by atoms with van der Waals surface area (Å²) < 4.78 is 0. The quantitative estimate of drug-likeness (QED) is 0.579. The molecule has 0 aliphatic rings. The van der Waals surface area contributed by atoms with Gasteiger partial charge in [-0.2, -0.15) is 0 Å². The first-order valence-corrected chi connectivity index (χ1v) is 5.02. The lowest BCUT2D eigenvalue weighted by Crippen LogP contribution is -1.74. The standard InChI is InChI=1S/C12H12.C2H6/c1-3-5-11-7-9-12(6-4-2)10-8-11;1-2/h3,5,7-10H,1-2H3;1-2H3/b5-3+;. The molecular weight excluding hydrogens is 168 g/mol. The first kappa shape index (κ1) is 12.5. The average Bonchev–Trinajstić information content (AvgIpc) is 2.25. The van der Waals surface area contributed by atoms with Crippen LogP contribution in [0, 0.1) is 11.8 Å². The van der Waals surface area contributed by atoms with Crippen LogP contribution in [-0.4, -0.2) is 0 Å². The zero-order valence-corrected chi connectivity index (χ0v) is 9.46. The molecule has 0 aliphatic heterocycles. The van der Waals surface area contributed by atoms with E-state index in [-0.39, 0.29) is 0 Å². The molecule has 0 heteroatoms. The fraction of sp³-hybridized carbons (Fsp3) is 0.286. The zero-order chi connectivity index (χ0) is 10.8. The largest absolute Gasteiger partial charge is 0.101 e. The molecule has 0 fully saturated rings. The van der Waals surface area contributed by atoms with Crippen LogP contribution in [0.2, 0.25) is 0 Å². The molecule has 0 heterocycles. The molecule has 0 saturated heterocycles. The van der Waals surface area contributed by atoms with Gasteiger partial charge in [0.2, 0.25) is 0 Å². The molecule has 1 aromatic carbocycles. The van der Waals surface area contributed by atoms with Crippen molar-refractivity contribution >= 4 is 6.08 Å². The molecule has 14 heavy (non-hydrogen) atoms. The Labute approximate surface area is 87.7 Å². The fourth-order valence-electron chi connectivity index (χ4n) is 1.01. The van der Waals surface area contributed by atoms with Gasteiger partial charge < -0.3 is 0 Å². The van der Waals surface area contributed by atoms with Crippen molar-refractivity contribution in [2.24, 2.45) is 0 Å². The van der Waals surface area contributed by atoms with E-state index in [4.69, 9.17) is 0 Å². The Kier molecular flexibility index (Phi) is 7.27. The Balaban J connectivity index is 0.000000791. The van der Waals surface area contributed by atoms with Gasteiger partial charge in [-0.15, -0.1) is 5.92 Å². The molecule has 0 radical (unpaired) electrons. The summed E-state index contributed by atoms with van der Waals surface area (Å²) in [7, 11) is 0. The van der Waals surface area contributed by atoms with Gasteiger partial charge in [0.05, 0.1) is 0 Å². The second kappa shape index (κ2) is 8.13. The Bertz CT molecular complexity index is 317. The summed E-state index contributed by atoms with van der Waals surface area (Å²) in [5.41, 5.74) is 2.30. The van der Waals surface area contributed by atoms with Crippen LogP contribution in [0.1, 0.15) is 38.8 Å². The van der Waals surface area contributed by atoms with E-state index in [1.165, 1.54) is 5.56 Å². The fourth-order valence-corrected chi connectivity index (χ4v) is 1.01. The third-order valence-corrected chi connectivity index (χ3v) is 1.54. The minimum Gasteiger partial charge on any atom is -0.101 e. The summed E-state index contributed by atoms with van der Waals surface area (Å²) in [6, 6.07) is 8.21. The van der Waals surface area contributed by atoms with Gasteiger partial charge >= 0.3 is 0 Å². The van der Waals surface area contributed by atoms with Gasteiger partial charge in [0, 0.05) is 5.56 Å². The van der Waals surface area contributed by atoms with Crippen LogP contribution in [0.4, 0.5) is 0 Å². The van der Waals surface area contributed by atoms with E-state index >= 15 is 0 Å². The third-order valence-electron chi connectivity index (χ3n) is 1.54. The first-order valence-electron chi connectivity index (χ1n) is 5.02. The van der Waals surface area contributed by atoms with Crippen molar-refractivity contribution in [3.63, 3.8) is 0 Å². The summed E-state index contributed by atoms with van der Waals surface area (Å²) in [5, 5.41) is 0. The molecule has 0 saturated carbocycles. The SMILES string of the molecule is CC.CC#Cc1ccc(/C=C/C)cc1. The molecule has 0 bridgehead atoms. The van der Waals surface area contributed by atoms with E-state index < -0.39 is 0 Å². The molecule has 0 aromatic heterocycles. The van der Waals surface area contributed by atoms with Crippen molar-refractivity contribution in [2.45, 2.75) is 27.7 Å². The average molecular weight is 186 g/mol. The lowest BCUT2D eigenvalue weighted by atomic mass is 10.1. The van der Waals surface area contributed by atoms with Crippen molar-refractivity contribution in [3.05, 3.63) is 41.5 Å². The van der Waals surface area contributed by atoms with Crippen LogP contribution in [0.15, 0.2) is 30.3 Å². The zero-order valence-electron chi connectivity index (χ0n) is 9.46. The van der Waals surface area contributed by atoms with E-state index in [0.717, 1.165) is 5.56 Å². The summed E-state index contributed by atoms with van der Waals surface area (Å²) in [5.74, 6) is 5.87. The normalized spacial score (nSPS) is 8.57. The maximum absolute atomic E-state index is 3.00. The van der Waals surface area contributed by atoms with Crippen LogP contribution in [0.25, 0.3) is 6.08 Å². The Morgan fingerprint density at radius 3 is 2.07 bits per heavy atom. The minimum absolute atomic E-state index is 1.07. The highest BCUT2D eigenvalue weighted by Crippen LogP contribution is 2.04. The monoisotopic (exact) mass is 186 g/mol. The van der Waals surface area contributed by atoms with Gasteiger partial charge in [0.25, 0.3) is 0 Å². The lowest BCUT2D eigenvalue weighted by Gasteiger charge is -1.92. The Morgan fingerprint density at radius 1 is 1.07 bits per heavy atom. The summed E-state index contributed by atoms with van der Waals surface area (Å²) >= 11 is 0. The molecule has 0 atom stereocenters. The summed E-state index contributed by atoms with van der Waals surface area (Å²) in [6.07, 6.45) is 4.10. The molecular formula is C14H18. The Morgan fingerprint density at radius 2 is 1.64 bits per heavy atom. The number of benzene rings is 1. The predicted octanol–water partition coefficient (Wildman–Crippen LogP) is 4.12. The molecule has 0 nitrogen and oxygen atoms in total. The van der Waals surface area contributed by atoms with E-state index in [2.05, 4.69) is 30.0 Å². The van der Waals surface area contributed by atoms with Crippen LogP contribution in [0.3, 0.4) is 0 Å². The maximum atomic E-state index is 3.00. The number of hydrogen-bond donors (Lipinski definition) is 0. The van der Waals surface area contributed by atoms with Crippen LogP contribution < -0.4 is 0 Å². The van der Waals surface area contributed by atoms with Gasteiger partial charge in [-0.25, -0.2) is 0 Å². The molecule has 0 amide bonds. The van der Waals surface area contributed by atoms with Crippen molar-refractivity contribution < 1.29 is 0 Å². The molecule has 1 aromatic rings. The predicted molar refractivity (Wildman–Crippen MR) is 65.1 cm³/mol. The number of rotatable bonds is 1. The van der Waals surface area contributed by atoms with E-state index in [1.54, 1.807) is 0 Å². The summed E-state index contributed by atoms with van der Waals surface area (Å²) in [6.45, 7) is 7.86. The van der Waals surface area contributed by atoms with Gasteiger partial charge in [0.1, 0.15) is 0 Å². The number of hydrogen-bond acceptors (Lipinski definition) is 0. The maximum Gasteiger partial charge on any atom is 0.0245 e. The van der Waals surface area contributed by atoms with E-state index in [1.807, 2.05) is 45.9 Å². The van der Waals surface area contributed by atoms with Crippen molar-refractivity contribution in [2.75, 3.05) is 0 Å². The second-order valence-corrected chi connectivity index (χ2v) is 2.50. The molecule has 0 aliphatic carbocycles. The number of allylic oxidation sites excluding steroid dienone is 1. The van der Waals surface area contributed by atoms with Gasteiger partial charge in [-0.3, -0.25) is 0 Å². The van der Waals surface area contributed by atoms with Crippen LogP contribution in [-0.2, 0) is 0 Å². The van der Waals surface area contributed by atoms with Crippen molar-refractivity contribution in [1.82, 2.24) is 0 Å². The molecule has 0 N–H and O–H groups in total. The van der Waals surface area contributed by atoms with E-state index in [9.17, 15) is 0 Å². The third kappa shape index (κ3) is 4.52. The molecule has 74 valence electrons. The highest BCUT2D eigenvalue weighted by Gasteiger charge is 1.86.